The van der Waals surface area contributed by atoms with Crippen LogP contribution < -0.4 is 0 Å². The number of halogens is 3. The van der Waals surface area contributed by atoms with E-state index < -0.39 is 19.2 Å². The molecule has 0 aliphatic heterocycles. The lowest BCUT2D eigenvalue weighted by Crippen LogP contribution is -2.35. The quantitative estimate of drug-likeness (QED) is 0.318. The SMILES string of the molecule is CCCCCCCCCCC(Cl)C(Cl)(Cl)S(=O)(=O)O. The maximum absolute atomic E-state index is 10.9. The molecule has 0 saturated heterocycles. The standard InChI is InChI=1S/C12H23Cl3O3S/c1-2-3-4-5-6-7-8-9-10-11(13)12(14,15)19(16,17)18/h11H,2-10H2,1H3,(H,16,17,18). The van der Waals surface area contributed by atoms with Crippen molar-refractivity contribution in [3.63, 3.8) is 0 Å². The summed E-state index contributed by atoms with van der Waals surface area (Å²) < 4.78 is 28.4. The van der Waals surface area contributed by atoms with Crippen molar-refractivity contribution in [1.82, 2.24) is 0 Å². The van der Waals surface area contributed by atoms with Gasteiger partial charge < -0.3 is 0 Å². The van der Waals surface area contributed by atoms with Gasteiger partial charge in [-0.25, -0.2) is 0 Å². The third-order valence-electron chi connectivity index (χ3n) is 3.02. The molecule has 0 aromatic carbocycles. The Hall–Kier alpha value is 0.780. The van der Waals surface area contributed by atoms with Crippen LogP contribution in [0.5, 0.6) is 0 Å². The van der Waals surface area contributed by atoms with Crippen LogP contribution in [0.3, 0.4) is 0 Å². The third kappa shape index (κ3) is 7.96. The van der Waals surface area contributed by atoms with Crippen molar-refractivity contribution in [3.05, 3.63) is 0 Å². The molecule has 0 heterocycles. The van der Waals surface area contributed by atoms with E-state index in [1.165, 1.54) is 32.1 Å². The van der Waals surface area contributed by atoms with E-state index in [1.54, 1.807) is 0 Å². The predicted molar refractivity (Wildman–Crippen MR) is 82.9 cm³/mol. The summed E-state index contributed by atoms with van der Waals surface area (Å²) in [7, 11) is -4.56. The number of unbranched alkanes of at least 4 members (excludes halogenated alkanes) is 7. The first kappa shape index (κ1) is 19.8. The van der Waals surface area contributed by atoms with Gasteiger partial charge in [0.15, 0.2) is 0 Å². The van der Waals surface area contributed by atoms with Crippen LogP contribution in [0, 0.1) is 0 Å². The summed E-state index contributed by atoms with van der Waals surface area (Å²) in [4.78, 5) is 0. The summed E-state index contributed by atoms with van der Waals surface area (Å²) >= 11 is 16.9. The van der Waals surface area contributed by atoms with E-state index in [0.717, 1.165) is 19.3 Å². The van der Waals surface area contributed by atoms with Crippen molar-refractivity contribution in [2.24, 2.45) is 0 Å². The monoisotopic (exact) mass is 352 g/mol. The molecule has 7 heteroatoms. The predicted octanol–water partition coefficient (Wildman–Crippen LogP) is 5.14. The summed E-state index contributed by atoms with van der Waals surface area (Å²) in [5, 5.41) is -1.01. The summed E-state index contributed by atoms with van der Waals surface area (Å²) in [5.74, 6) is 0. The first-order chi connectivity index (χ1) is 8.73. The summed E-state index contributed by atoms with van der Waals surface area (Å²) in [6, 6.07) is 0. The van der Waals surface area contributed by atoms with Crippen LogP contribution in [-0.4, -0.2) is 22.0 Å². The van der Waals surface area contributed by atoms with E-state index in [9.17, 15) is 8.42 Å². The van der Waals surface area contributed by atoms with E-state index in [1.807, 2.05) is 0 Å². The second-order valence-electron chi connectivity index (χ2n) is 4.77. The third-order valence-corrected chi connectivity index (χ3v) is 6.59. The lowest BCUT2D eigenvalue weighted by atomic mass is 10.1. The first-order valence-electron chi connectivity index (χ1n) is 6.72. The van der Waals surface area contributed by atoms with Gasteiger partial charge in [0.2, 0.25) is 0 Å². The Balaban J connectivity index is 3.73. The van der Waals surface area contributed by atoms with Crippen LogP contribution >= 0.6 is 34.8 Å². The highest BCUT2D eigenvalue weighted by molar-refractivity contribution is 7.90. The Bertz CT molecular complexity index is 331. The summed E-state index contributed by atoms with van der Waals surface area (Å²) in [6.07, 6.45) is 9.36. The molecule has 19 heavy (non-hydrogen) atoms. The highest BCUT2D eigenvalue weighted by atomic mass is 35.5. The van der Waals surface area contributed by atoms with Crippen molar-refractivity contribution >= 4 is 44.9 Å². The van der Waals surface area contributed by atoms with E-state index in [4.69, 9.17) is 39.4 Å². The van der Waals surface area contributed by atoms with Crippen molar-refractivity contribution < 1.29 is 13.0 Å². The molecular weight excluding hydrogens is 331 g/mol. The molecule has 3 nitrogen and oxygen atoms in total. The van der Waals surface area contributed by atoms with Gasteiger partial charge in [0.05, 0.1) is 5.38 Å². The molecule has 0 amide bonds. The molecule has 1 N–H and O–H groups in total. The molecule has 0 aromatic rings. The first-order valence-corrected chi connectivity index (χ1v) is 9.35. The molecule has 0 spiro atoms. The maximum Gasteiger partial charge on any atom is 0.300 e. The van der Waals surface area contributed by atoms with Gasteiger partial charge in [-0.1, -0.05) is 81.5 Å². The van der Waals surface area contributed by atoms with Crippen molar-refractivity contribution in [2.45, 2.75) is 73.8 Å². The van der Waals surface area contributed by atoms with E-state index >= 15 is 0 Å². The van der Waals surface area contributed by atoms with Gasteiger partial charge >= 0.3 is 10.1 Å². The van der Waals surface area contributed by atoms with Gasteiger partial charge in [-0.2, -0.15) is 8.42 Å². The van der Waals surface area contributed by atoms with Gasteiger partial charge in [-0.05, 0) is 6.42 Å². The number of hydrogen-bond acceptors (Lipinski definition) is 2. The van der Waals surface area contributed by atoms with Gasteiger partial charge in [0.1, 0.15) is 0 Å². The van der Waals surface area contributed by atoms with Gasteiger partial charge in [-0.3, -0.25) is 4.55 Å². The van der Waals surface area contributed by atoms with Gasteiger partial charge in [-0.15, -0.1) is 11.6 Å². The fourth-order valence-corrected chi connectivity index (χ4v) is 2.94. The van der Waals surface area contributed by atoms with Crippen molar-refractivity contribution in [3.8, 4) is 0 Å². The Morgan fingerprint density at radius 3 is 1.84 bits per heavy atom. The highest BCUT2D eigenvalue weighted by Crippen LogP contribution is 2.37. The second kappa shape index (κ2) is 9.67. The number of alkyl halides is 3. The molecule has 1 unspecified atom stereocenters. The average Bonchev–Trinajstić information content (AvgIpc) is 2.30. The molecule has 0 rings (SSSR count). The van der Waals surface area contributed by atoms with E-state index in [2.05, 4.69) is 6.92 Å². The molecule has 1 atom stereocenters. The Kier molecular flexibility index (Phi) is 10.1. The summed E-state index contributed by atoms with van der Waals surface area (Å²) in [6.45, 7) is 2.18. The molecule has 0 aliphatic carbocycles. The van der Waals surface area contributed by atoms with E-state index in [-0.39, 0.29) is 0 Å². The lowest BCUT2D eigenvalue weighted by Gasteiger charge is -2.21. The minimum atomic E-state index is -4.56. The maximum atomic E-state index is 10.9. The van der Waals surface area contributed by atoms with Gasteiger partial charge in [0.25, 0.3) is 3.67 Å². The van der Waals surface area contributed by atoms with Gasteiger partial charge in [0, 0.05) is 0 Å². The molecular formula is C12H23Cl3O3S. The molecule has 0 bridgehead atoms. The zero-order valence-electron chi connectivity index (χ0n) is 11.2. The smallest absolute Gasteiger partial charge is 0.283 e. The van der Waals surface area contributed by atoms with Crippen molar-refractivity contribution in [1.29, 1.82) is 0 Å². The topological polar surface area (TPSA) is 54.4 Å². The van der Waals surface area contributed by atoms with E-state index in [0.29, 0.717) is 6.42 Å². The van der Waals surface area contributed by atoms with Crippen LogP contribution in [0.4, 0.5) is 0 Å². The number of rotatable bonds is 11. The lowest BCUT2D eigenvalue weighted by molar-refractivity contribution is 0.467. The molecule has 0 saturated carbocycles. The highest BCUT2D eigenvalue weighted by Gasteiger charge is 2.45. The van der Waals surface area contributed by atoms with Crippen LogP contribution in [0.2, 0.25) is 0 Å². The molecule has 0 aliphatic rings. The molecule has 0 radical (unpaired) electrons. The fraction of sp³-hybridized carbons (Fsp3) is 1.00. The molecule has 0 fully saturated rings. The van der Waals surface area contributed by atoms with Crippen molar-refractivity contribution in [2.75, 3.05) is 0 Å². The molecule has 116 valence electrons. The van der Waals surface area contributed by atoms with Crippen LogP contribution in [0.1, 0.15) is 64.7 Å². The minimum Gasteiger partial charge on any atom is -0.283 e. The largest absolute Gasteiger partial charge is 0.300 e. The average molecular weight is 354 g/mol. The van der Waals surface area contributed by atoms with Crippen LogP contribution in [-0.2, 0) is 10.1 Å². The van der Waals surface area contributed by atoms with Crippen LogP contribution in [0.25, 0.3) is 0 Å². The number of hydrogen-bond donors (Lipinski definition) is 1. The zero-order chi connectivity index (χ0) is 14.9. The Morgan fingerprint density at radius 1 is 1.00 bits per heavy atom. The normalized spacial score (nSPS) is 14.6. The Morgan fingerprint density at radius 2 is 1.42 bits per heavy atom. The molecule has 0 aromatic heterocycles. The second-order valence-corrected chi connectivity index (χ2v) is 8.72. The Labute approximate surface area is 131 Å². The summed E-state index contributed by atoms with van der Waals surface area (Å²) in [5.41, 5.74) is 0. The zero-order valence-corrected chi connectivity index (χ0v) is 14.3. The van der Waals surface area contributed by atoms with Crippen LogP contribution in [0.15, 0.2) is 0 Å². The fourth-order valence-electron chi connectivity index (χ4n) is 1.79. The minimum absolute atomic E-state index is 0.364.